The number of carbonyl (C=O) groups excluding carboxylic acids is 1. The number of rotatable bonds is 4. The smallest absolute Gasteiger partial charge is 0.232 e. The number of hydrogen-bond acceptors (Lipinski definition) is 3. The summed E-state index contributed by atoms with van der Waals surface area (Å²) in [7, 11) is 0. The van der Waals surface area contributed by atoms with E-state index in [0.717, 1.165) is 12.1 Å². The Bertz CT molecular complexity index is 547. The summed E-state index contributed by atoms with van der Waals surface area (Å²) >= 11 is 1.66. The number of anilines is 1. The van der Waals surface area contributed by atoms with Crippen molar-refractivity contribution < 1.29 is 9.53 Å². The van der Waals surface area contributed by atoms with Crippen LogP contribution in [0.15, 0.2) is 47.2 Å². The molecule has 0 bridgehead atoms. The lowest BCUT2D eigenvalue weighted by molar-refractivity contribution is -0.122. The minimum Gasteiger partial charge on any atom is -0.381 e. The van der Waals surface area contributed by atoms with Crippen LogP contribution in [0.4, 0.5) is 5.69 Å². The van der Waals surface area contributed by atoms with Gasteiger partial charge < -0.3 is 9.64 Å². The highest BCUT2D eigenvalue weighted by atomic mass is 32.1. The first-order chi connectivity index (χ1) is 9.84. The summed E-state index contributed by atoms with van der Waals surface area (Å²) in [6.45, 7) is 1.87. The average Bonchev–Trinajstić information content (AvgIpc) is 3.18. The molecule has 1 aromatic heterocycles. The Morgan fingerprint density at radius 1 is 1.30 bits per heavy atom. The van der Waals surface area contributed by atoms with Gasteiger partial charge in [-0.05, 0) is 40.9 Å². The van der Waals surface area contributed by atoms with Crippen molar-refractivity contribution in [1.82, 2.24) is 0 Å². The maximum Gasteiger partial charge on any atom is 0.232 e. The van der Waals surface area contributed by atoms with Gasteiger partial charge in [0, 0.05) is 12.3 Å². The van der Waals surface area contributed by atoms with Gasteiger partial charge in [0.05, 0.1) is 19.1 Å². The molecular formula is C16H17NO2S. The van der Waals surface area contributed by atoms with Crippen molar-refractivity contribution in [3.05, 3.63) is 52.7 Å². The van der Waals surface area contributed by atoms with Crippen LogP contribution in [0.2, 0.25) is 0 Å². The van der Waals surface area contributed by atoms with Crippen LogP contribution in [0, 0.1) is 5.92 Å². The second kappa shape index (κ2) is 6.20. The van der Waals surface area contributed by atoms with Gasteiger partial charge in [0.15, 0.2) is 0 Å². The number of ether oxygens (including phenoxy) is 1. The molecule has 0 N–H and O–H groups in total. The van der Waals surface area contributed by atoms with Crippen molar-refractivity contribution in [2.45, 2.75) is 13.0 Å². The first kappa shape index (κ1) is 13.3. The van der Waals surface area contributed by atoms with E-state index < -0.39 is 0 Å². The van der Waals surface area contributed by atoms with Gasteiger partial charge in [-0.2, -0.15) is 11.3 Å². The Morgan fingerprint density at radius 3 is 2.80 bits per heavy atom. The minimum atomic E-state index is -0.00570. The molecule has 104 valence electrons. The third-order valence-electron chi connectivity index (χ3n) is 3.53. The number of benzene rings is 1. The number of nitrogens with zero attached hydrogens (tertiary/aromatic N) is 1. The van der Waals surface area contributed by atoms with Gasteiger partial charge in [0.25, 0.3) is 0 Å². The van der Waals surface area contributed by atoms with E-state index >= 15 is 0 Å². The Morgan fingerprint density at radius 2 is 2.15 bits per heavy atom. The SMILES string of the molecule is O=C([C@@H]1CCOC1)N(Cc1ccsc1)c1ccccc1. The Balaban J connectivity index is 1.84. The third kappa shape index (κ3) is 2.92. The summed E-state index contributed by atoms with van der Waals surface area (Å²) in [5, 5.41) is 4.13. The number of carbonyl (C=O) groups is 1. The molecule has 3 nitrogen and oxygen atoms in total. The van der Waals surface area contributed by atoms with Crippen molar-refractivity contribution in [1.29, 1.82) is 0 Å². The van der Waals surface area contributed by atoms with E-state index in [-0.39, 0.29) is 11.8 Å². The molecule has 3 rings (SSSR count). The van der Waals surface area contributed by atoms with Crippen LogP contribution in [-0.2, 0) is 16.1 Å². The van der Waals surface area contributed by atoms with Gasteiger partial charge in [-0.3, -0.25) is 4.79 Å². The summed E-state index contributed by atoms with van der Waals surface area (Å²) in [6.07, 6.45) is 0.825. The highest BCUT2D eigenvalue weighted by Crippen LogP contribution is 2.23. The average molecular weight is 287 g/mol. The number of para-hydroxylation sites is 1. The number of thiophene rings is 1. The lowest BCUT2D eigenvalue weighted by atomic mass is 10.1. The summed E-state index contributed by atoms with van der Waals surface area (Å²) in [4.78, 5) is 14.6. The molecule has 0 unspecified atom stereocenters. The maximum absolute atomic E-state index is 12.7. The van der Waals surface area contributed by atoms with Crippen molar-refractivity contribution in [3.63, 3.8) is 0 Å². The van der Waals surface area contributed by atoms with Gasteiger partial charge in [0.1, 0.15) is 0 Å². The molecule has 1 aliphatic heterocycles. The molecule has 1 amide bonds. The molecule has 0 spiro atoms. The summed E-state index contributed by atoms with van der Waals surface area (Å²) in [5.74, 6) is 0.161. The van der Waals surface area contributed by atoms with Crippen molar-refractivity contribution in [2.24, 2.45) is 5.92 Å². The van der Waals surface area contributed by atoms with Crippen LogP contribution >= 0.6 is 11.3 Å². The minimum absolute atomic E-state index is 0.00570. The monoisotopic (exact) mass is 287 g/mol. The van der Waals surface area contributed by atoms with Crippen molar-refractivity contribution in [3.8, 4) is 0 Å². The van der Waals surface area contributed by atoms with E-state index in [0.29, 0.717) is 19.8 Å². The molecule has 1 atom stereocenters. The lowest BCUT2D eigenvalue weighted by Gasteiger charge is -2.25. The Kier molecular flexibility index (Phi) is 4.14. The third-order valence-corrected chi connectivity index (χ3v) is 4.27. The van der Waals surface area contributed by atoms with Crippen LogP contribution in [0.5, 0.6) is 0 Å². The van der Waals surface area contributed by atoms with E-state index in [1.54, 1.807) is 11.3 Å². The summed E-state index contributed by atoms with van der Waals surface area (Å²) < 4.78 is 5.35. The lowest BCUT2D eigenvalue weighted by Crippen LogP contribution is -2.36. The highest BCUT2D eigenvalue weighted by Gasteiger charge is 2.28. The first-order valence-electron chi connectivity index (χ1n) is 6.80. The molecule has 1 aliphatic rings. The first-order valence-corrected chi connectivity index (χ1v) is 7.74. The van der Waals surface area contributed by atoms with Crippen LogP contribution in [-0.4, -0.2) is 19.1 Å². The highest BCUT2D eigenvalue weighted by molar-refractivity contribution is 7.07. The predicted octanol–water partition coefficient (Wildman–Crippen LogP) is 3.32. The van der Waals surface area contributed by atoms with E-state index in [9.17, 15) is 4.79 Å². The standard InChI is InChI=1S/C16H17NO2S/c18-16(14-6-8-19-11-14)17(10-13-7-9-20-12-13)15-4-2-1-3-5-15/h1-5,7,9,12,14H,6,8,10-11H2/t14-/m1/s1. The predicted molar refractivity (Wildman–Crippen MR) is 80.9 cm³/mol. The largest absolute Gasteiger partial charge is 0.381 e. The van der Waals surface area contributed by atoms with Gasteiger partial charge in [-0.25, -0.2) is 0 Å². The fourth-order valence-electron chi connectivity index (χ4n) is 2.42. The molecule has 1 aromatic carbocycles. The van der Waals surface area contributed by atoms with Crippen LogP contribution in [0.3, 0.4) is 0 Å². The number of hydrogen-bond donors (Lipinski definition) is 0. The molecule has 4 heteroatoms. The van der Waals surface area contributed by atoms with E-state index in [1.807, 2.05) is 40.6 Å². The van der Waals surface area contributed by atoms with E-state index in [4.69, 9.17) is 4.74 Å². The zero-order chi connectivity index (χ0) is 13.8. The van der Waals surface area contributed by atoms with E-state index in [1.165, 1.54) is 5.56 Å². The van der Waals surface area contributed by atoms with E-state index in [2.05, 4.69) is 11.4 Å². The molecule has 0 saturated carbocycles. The Labute approximate surface area is 122 Å². The number of amides is 1. The Hall–Kier alpha value is -1.65. The topological polar surface area (TPSA) is 29.5 Å². The molecule has 20 heavy (non-hydrogen) atoms. The quantitative estimate of drug-likeness (QED) is 0.863. The molecule has 0 aliphatic carbocycles. The molecule has 2 aromatic rings. The molecular weight excluding hydrogens is 270 g/mol. The normalized spacial score (nSPS) is 18.1. The maximum atomic E-state index is 12.7. The van der Waals surface area contributed by atoms with Gasteiger partial charge in [-0.15, -0.1) is 0 Å². The van der Waals surface area contributed by atoms with Crippen molar-refractivity contribution >= 4 is 22.9 Å². The van der Waals surface area contributed by atoms with Crippen LogP contribution in [0.1, 0.15) is 12.0 Å². The van der Waals surface area contributed by atoms with Gasteiger partial charge in [0.2, 0.25) is 5.91 Å². The second-order valence-corrected chi connectivity index (χ2v) is 5.73. The van der Waals surface area contributed by atoms with Gasteiger partial charge in [-0.1, -0.05) is 18.2 Å². The van der Waals surface area contributed by atoms with Crippen LogP contribution < -0.4 is 4.90 Å². The van der Waals surface area contributed by atoms with Crippen LogP contribution in [0.25, 0.3) is 0 Å². The molecule has 1 fully saturated rings. The fourth-order valence-corrected chi connectivity index (χ4v) is 3.08. The van der Waals surface area contributed by atoms with Gasteiger partial charge >= 0.3 is 0 Å². The molecule has 2 heterocycles. The zero-order valence-corrected chi connectivity index (χ0v) is 12.0. The molecule has 0 radical (unpaired) electrons. The second-order valence-electron chi connectivity index (χ2n) is 4.95. The molecule has 1 saturated heterocycles. The fraction of sp³-hybridized carbons (Fsp3) is 0.312. The summed E-state index contributed by atoms with van der Waals surface area (Å²) in [5.41, 5.74) is 2.13. The summed E-state index contributed by atoms with van der Waals surface area (Å²) in [6, 6.07) is 11.9. The zero-order valence-electron chi connectivity index (χ0n) is 11.2. The van der Waals surface area contributed by atoms with Crippen molar-refractivity contribution in [2.75, 3.05) is 18.1 Å².